The van der Waals surface area contributed by atoms with Gasteiger partial charge in [-0.25, -0.2) is 4.79 Å². The number of para-hydroxylation sites is 1. The molecular weight excluding hydrogens is 376 g/mol. The maximum absolute atomic E-state index is 12.6. The van der Waals surface area contributed by atoms with Gasteiger partial charge in [0.2, 0.25) is 0 Å². The number of H-pyrrole nitrogens is 1. The van der Waals surface area contributed by atoms with Crippen LogP contribution in [0.3, 0.4) is 0 Å². The van der Waals surface area contributed by atoms with Gasteiger partial charge in [-0.1, -0.05) is 24.3 Å². The van der Waals surface area contributed by atoms with E-state index < -0.39 is 0 Å². The topological polar surface area (TPSA) is 71.8 Å². The average molecular weight is 396 g/mol. The van der Waals surface area contributed by atoms with E-state index in [2.05, 4.69) is 51.4 Å². The minimum Gasteiger partial charge on any atom is -0.348 e. The molecule has 5 rings (SSSR count). The van der Waals surface area contributed by atoms with Crippen molar-refractivity contribution in [3.63, 3.8) is 0 Å². The first-order valence-corrected chi connectivity index (χ1v) is 9.72. The molecule has 0 saturated carbocycles. The van der Waals surface area contributed by atoms with Crippen LogP contribution >= 0.6 is 0 Å². The van der Waals surface area contributed by atoms with E-state index in [-0.39, 0.29) is 11.6 Å². The molecule has 3 aromatic carbocycles. The number of aromatic amines is 1. The van der Waals surface area contributed by atoms with E-state index >= 15 is 0 Å². The van der Waals surface area contributed by atoms with Gasteiger partial charge in [-0.2, -0.15) is 0 Å². The molecule has 2 N–H and O–H groups in total. The Hall–Kier alpha value is -4.06. The van der Waals surface area contributed by atoms with Crippen molar-refractivity contribution in [3.8, 4) is 5.69 Å². The molecule has 0 saturated heterocycles. The highest BCUT2D eigenvalue weighted by Crippen LogP contribution is 2.22. The van der Waals surface area contributed by atoms with Crippen molar-refractivity contribution in [1.82, 2.24) is 19.4 Å². The van der Waals surface area contributed by atoms with Crippen LogP contribution in [0.2, 0.25) is 0 Å². The summed E-state index contributed by atoms with van der Waals surface area (Å²) in [7, 11) is 1.70. The molecule has 1 amide bonds. The summed E-state index contributed by atoms with van der Waals surface area (Å²) in [4.78, 5) is 27.1. The van der Waals surface area contributed by atoms with Crippen LogP contribution < -0.4 is 11.0 Å². The Morgan fingerprint density at radius 3 is 2.60 bits per heavy atom. The minimum atomic E-state index is -0.196. The number of hydrogen-bond acceptors (Lipinski definition) is 2. The molecule has 2 heterocycles. The van der Waals surface area contributed by atoms with Crippen molar-refractivity contribution in [2.75, 3.05) is 0 Å². The number of hydrogen-bond donors (Lipinski definition) is 2. The zero-order chi connectivity index (χ0) is 20.7. The van der Waals surface area contributed by atoms with Gasteiger partial charge in [0.15, 0.2) is 0 Å². The summed E-state index contributed by atoms with van der Waals surface area (Å²) in [6.07, 6.45) is 2.05. The van der Waals surface area contributed by atoms with Crippen LogP contribution in [0.25, 0.3) is 27.6 Å². The molecule has 0 aliphatic rings. The molecule has 0 radical (unpaired) electrons. The van der Waals surface area contributed by atoms with E-state index in [1.807, 2.05) is 24.3 Å². The lowest BCUT2D eigenvalue weighted by molar-refractivity contribution is 0.0951. The Morgan fingerprint density at radius 2 is 1.77 bits per heavy atom. The van der Waals surface area contributed by atoms with Crippen molar-refractivity contribution >= 4 is 27.8 Å². The van der Waals surface area contributed by atoms with E-state index in [9.17, 15) is 9.59 Å². The van der Waals surface area contributed by atoms with Gasteiger partial charge in [-0.3, -0.25) is 9.36 Å². The van der Waals surface area contributed by atoms with E-state index in [4.69, 9.17) is 0 Å². The second-order valence-electron chi connectivity index (χ2n) is 7.32. The van der Waals surface area contributed by atoms with Crippen molar-refractivity contribution < 1.29 is 4.79 Å². The Kier molecular flexibility index (Phi) is 4.25. The first-order chi connectivity index (χ1) is 14.6. The molecule has 6 nitrogen and oxygen atoms in total. The van der Waals surface area contributed by atoms with Gasteiger partial charge < -0.3 is 14.9 Å². The van der Waals surface area contributed by atoms with Crippen LogP contribution in [0.15, 0.2) is 83.8 Å². The smallest absolute Gasteiger partial charge is 0.326 e. The summed E-state index contributed by atoms with van der Waals surface area (Å²) < 4.78 is 3.67. The van der Waals surface area contributed by atoms with Crippen LogP contribution in [0.1, 0.15) is 15.9 Å². The predicted molar refractivity (Wildman–Crippen MR) is 118 cm³/mol. The third-order valence-electron chi connectivity index (χ3n) is 5.41. The van der Waals surface area contributed by atoms with Gasteiger partial charge in [-0.15, -0.1) is 0 Å². The number of rotatable bonds is 4. The molecule has 30 heavy (non-hydrogen) atoms. The molecule has 5 aromatic rings. The largest absolute Gasteiger partial charge is 0.348 e. The monoisotopic (exact) mass is 396 g/mol. The standard InChI is InChI=1S/C24H20N4O2/c1-27-22-10-8-18(14-20(22)26-24(27)30)23(29)25-15-16-7-9-21-17(13-16)11-12-28(21)19-5-3-2-4-6-19/h2-14H,15H2,1H3,(H,25,29)(H,26,30). The maximum atomic E-state index is 12.6. The number of fused-ring (bicyclic) bond motifs is 2. The normalized spacial score (nSPS) is 11.2. The van der Waals surface area contributed by atoms with Crippen molar-refractivity contribution in [3.05, 3.63) is 101 Å². The van der Waals surface area contributed by atoms with Gasteiger partial charge in [-0.05, 0) is 54.1 Å². The number of carbonyl (C=O) groups is 1. The van der Waals surface area contributed by atoms with Gasteiger partial charge in [0, 0.05) is 36.4 Å². The minimum absolute atomic E-state index is 0.177. The quantitative estimate of drug-likeness (QED) is 0.486. The molecule has 0 fully saturated rings. The highest BCUT2D eigenvalue weighted by molar-refractivity contribution is 5.97. The Bertz CT molecular complexity index is 1440. The van der Waals surface area contributed by atoms with Crippen LogP contribution in [0.5, 0.6) is 0 Å². The summed E-state index contributed by atoms with van der Waals surface area (Å²) >= 11 is 0. The number of benzene rings is 3. The van der Waals surface area contributed by atoms with Gasteiger partial charge >= 0.3 is 5.69 Å². The lowest BCUT2D eigenvalue weighted by Crippen LogP contribution is -2.22. The highest BCUT2D eigenvalue weighted by atomic mass is 16.2. The number of imidazole rings is 1. The van der Waals surface area contributed by atoms with E-state index in [0.29, 0.717) is 17.6 Å². The molecule has 0 unspecified atom stereocenters. The molecule has 148 valence electrons. The number of aryl methyl sites for hydroxylation is 1. The number of amides is 1. The second-order valence-corrected chi connectivity index (χ2v) is 7.32. The van der Waals surface area contributed by atoms with Gasteiger partial charge in [0.1, 0.15) is 0 Å². The molecule has 0 aliphatic heterocycles. The van der Waals surface area contributed by atoms with Gasteiger partial charge in [0.05, 0.1) is 16.6 Å². The predicted octanol–water partition coefficient (Wildman–Crippen LogP) is 3.74. The lowest BCUT2D eigenvalue weighted by Gasteiger charge is -2.08. The van der Waals surface area contributed by atoms with Crippen molar-refractivity contribution in [2.45, 2.75) is 6.54 Å². The van der Waals surface area contributed by atoms with Crippen molar-refractivity contribution in [1.29, 1.82) is 0 Å². The van der Waals surface area contributed by atoms with Gasteiger partial charge in [0.25, 0.3) is 5.91 Å². The first kappa shape index (κ1) is 18.0. The second kappa shape index (κ2) is 7.08. The Labute approximate surface area is 172 Å². The fourth-order valence-corrected chi connectivity index (χ4v) is 3.78. The molecule has 0 spiro atoms. The Morgan fingerprint density at radius 1 is 0.967 bits per heavy atom. The number of aromatic nitrogens is 3. The zero-order valence-electron chi connectivity index (χ0n) is 16.4. The van der Waals surface area contributed by atoms with Crippen LogP contribution in [0.4, 0.5) is 0 Å². The third-order valence-corrected chi connectivity index (χ3v) is 5.41. The summed E-state index contributed by atoms with van der Waals surface area (Å²) in [5.41, 5.74) is 5.00. The van der Waals surface area contributed by atoms with E-state index in [0.717, 1.165) is 27.7 Å². The number of carbonyl (C=O) groups excluding carboxylic acids is 1. The van der Waals surface area contributed by atoms with E-state index in [1.165, 1.54) is 4.57 Å². The summed E-state index contributed by atoms with van der Waals surface area (Å²) in [6, 6.07) is 23.7. The van der Waals surface area contributed by atoms with Crippen molar-refractivity contribution in [2.24, 2.45) is 7.05 Å². The van der Waals surface area contributed by atoms with Crippen LogP contribution in [-0.2, 0) is 13.6 Å². The van der Waals surface area contributed by atoms with Crippen LogP contribution in [0, 0.1) is 0 Å². The molecule has 2 aromatic heterocycles. The fourth-order valence-electron chi connectivity index (χ4n) is 3.78. The molecule has 0 bridgehead atoms. The zero-order valence-corrected chi connectivity index (χ0v) is 16.4. The SMILES string of the molecule is Cn1c(=O)[nH]c2cc(C(=O)NCc3ccc4c(ccn4-c4ccccc4)c3)ccc21. The third kappa shape index (κ3) is 3.08. The highest BCUT2D eigenvalue weighted by Gasteiger charge is 2.10. The first-order valence-electron chi connectivity index (χ1n) is 9.72. The van der Waals surface area contributed by atoms with Crippen LogP contribution in [-0.4, -0.2) is 20.0 Å². The fraction of sp³-hybridized carbons (Fsp3) is 0.0833. The van der Waals surface area contributed by atoms with E-state index in [1.54, 1.807) is 25.2 Å². The average Bonchev–Trinajstić information content (AvgIpc) is 3.32. The molecule has 0 atom stereocenters. The Balaban J connectivity index is 1.35. The maximum Gasteiger partial charge on any atom is 0.326 e. The summed E-state index contributed by atoms with van der Waals surface area (Å²) in [6.45, 7) is 0.425. The summed E-state index contributed by atoms with van der Waals surface area (Å²) in [5, 5.41) is 4.08. The summed E-state index contributed by atoms with van der Waals surface area (Å²) in [5.74, 6) is -0.177. The lowest BCUT2D eigenvalue weighted by atomic mass is 10.1. The molecular formula is C24H20N4O2. The molecule has 0 aliphatic carbocycles. The number of nitrogens with one attached hydrogen (secondary N) is 2. The number of nitrogens with zero attached hydrogens (tertiary/aromatic N) is 2. The molecule has 6 heteroatoms.